The lowest BCUT2D eigenvalue weighted by Crippen LogP contribution is -2.43. The highest BCUT2D eigenvalue weighted by atomic mass is 15.1. The zero-order valence-electron chi connectivity index (χ0n) is 18.8. The third kappa shape index (κ3) is 2.86. The molecule has 1 aliphatic rings. The first-order valence-corrected chi connectivity index (χ1v) is 11.3. The number of para-hydroxylation sites is 3. The number of aromatic nitrogens is 1. The molecule has 1 N–H and O–H groups in total. The maximum absolute atomic E-state index is 5.25. The van der Waals surface area contributed by atoms with Gasteiger partial charge in [0.05, 0.1) is 11.4 Å². The van der Waals surface area contributed by atoms with Crippen LogP contribution in [0, 0.1) is 6.92 Å². The van der Waals surface area contributed by atoms with Gasteiger partial charge < -0.3 is 9.88 Å². The first-order chi connectivity index (χ1) is 16.2. The normalized spacial score (nSPS) is 17.1. The number of fused-ring (bicyclic) bond motifs is 2. The smallest absolute Gasteiger partial charge is 0.136 e. The highest BCUT2D eigenvalue weighted by Gasteiger charge is 2.48. The predicted octanol–water partition coefficient (Wildman–Crippen LogP) is 6.98. The average Bonchev–Trinajstić information content (AvgIpc) is 3.33. The summed E-state index contributed by atoms with van der Waals surface area (Å²) in [5, 5.41) is 5.21. The number of benzene rings is 4. The summed E-state index contributed by atoms with van der Waals surface area (Å²) < 4.78 is 2.29. The summed E-state index contributed by atoms with van der Waals surface area (Å²) in [5.74, 6) is 0. The Bertz CT molecular complexity index is 1500. The number of nitrogens with one attached hydrogen (secondary N) is 1. The third-order valence-corrected chi connectivity index (χ3v) is 6.82. The molecule has 5 aromatic rings. The molecule has 33 heavy (non-hydrogen) atoms. The largest absolute Gasteiger partial charge is 0.367 e. The van der Waals surface area contributed by atoms with Crippen LogP contribution in [0.15, 0.2) is 114 Å². The molecule has 0 radical (unpaired) electrons. The monoisotopic (exact) mass is 427 g/mol. The van der Waals surface area contributed by atoms with Crippen LogP contribution in [-0.4, -0.2) is 10.3 Å². The van der Waals surface area contributed by atoms with Crippen molar-refractivity contribution in [1.29, 1.82) is 0 Å². The summed E-state index contributed by atoms with van der Waals surface area (Å²) in [6.07, 6.45) is 0. The van der Waals surface area contributed by atoms with E-state index in [0.29, 0.717) is 0 Å². The molecule has 4 aromatic carbocycles. The summed E-state index contributed by atoms with van der Waals surface area (Å²) >= 11 is 0. The van der Waals surface area contributed by atoms with E-state index in [0.717, 1.165) is 22.6 Å². The zero-order chi connectivity index (χ0) is 22.4. The van der Waals surface area contributed by atoms with Crippen molar-refractivity contribution < 1.29 is 0 Å². The second-order valence-corrected chi connectivity index (χ2v) is 8.62. The second kappa shape index (κ2) is 7.49. The lowest BCUT2D eigenvalue weighted by atomic mass is 9.76. The molecule has 0 fully saturated rings. The molecule has 2 heterocycles. The summed E-state index contributed by atoms with van der Waals surface area (Å²) in [6, 6.07) is 38.2. The number of anilines is 1. The van der Waals surface area contributed by atoms with Gasteiger partial charge in [-0.15, -0.1) is 0 Å². The van der Waals surface area contributed by atoms with Crippen molar-refractivity contribution in [2.75, 3.05) is 5.32 Å². The minimum absolute atomic E-state index is 0.635. The van der Waals surface area contributed by atoms with E-state index in [9.17, 15) is 0 Å². The molecule has 6 rings (SSSR count). The van der Waals surface area contributed by atoms with Crippen LogP contribution < -0.4 is 5.32 Å². The number of hydrogen-bond donors (Lipinski definition) is 1. The predicted molar refractivity (Wildman–Crippen MR) is 138 cm³/mol. The van der Waals surface area contributed by atoms with Crippen LogP contribution in [0.1, 0.15) is 22.4 Å². The summed E-state index contributed by atoms with van der Waals surface area (Å²) in [4.78, 5) is 5.25. The molecule has 0 saturated carbocycles. The van der Waals surface area contributed by atoms with Gasteiger partial charge in [0, 0.05) is 40.5 Å². The van der Waals surface area contributed by atoms with Crippen molar-refractivity contribution in [1.82, 2.24) is 4.57 Å². The second-order valence-electron chi connectivity index (χ2n) is 8.62. The molecule has 0 bridgehead atoms. The maximum atomic E-state index is 5.25. The van der Waals surface area contributed by atoms with Crippen molar-refractivity contribution >= 4 is 28.0 Å². The molecule has 0 amide bonds. The minimum Gasteiger partial charge on any atom is -0.367 e. The van der Waals surface area contributed by atoms with Gasteiger partial charge in [0.1, 0.15) is 5.54 Å². The fraction of sp³-hybridized carbons (Fsp3) is 0.100. The van der Waals surface area contributed by atoms with Crippen LogP contribution >= 0.6 is 0 Å². The van der Waals surface area contributed by atoms with Gasteiger partial charge in [0.25, 0.3) is 0 Å². The Balaban J connectivity index is 1.75. The number of hydrogen-bond acceptors (Lipinski definition) is 2. The van der Waals surface area contributed by atoms with E-state index in [2.05, 4.69) is 133 Å². The molecule has 1 unspecified atom stereocenters. The quantitative estimate of drug-likeness (QED) is 0.329. The number of aliphatic imine (C=N–C) groups is 1. The summed E-state index contributed by atoms with van der Waals surface area (Å²) in [5.41, 5.74) is 8.43. The molecule has 160 valence electrons. The van der Waals surface area contributed by atoms with Crippen LogP contribution in [0.25, 0.3) is 10.9 Å². The molecule has 0 spiro atoms. The zero-order valence-corrected chi connectivity index (χ0v) is 18.8. The molecule has 0 saturated heterocycles. The molecule has 0 aliphatic carbocycles. The Morgan fingerprint density at radius 3 is 2.15 bits per heavy atom. The van der Waals surface area contributed by atoms with Crippen LogP contribution in [0.5, 0.6) is 0 Å². The number of rotatable bonds is 4. The average molecular weight is 428 g/mol. The Labute approximate surface area is 194 Å². The first-order valence-electron chi connectivity index (χ1n) is 11.3. The maximum Gasteiger partial charge on any atom is 0.136 e. The van der Waals surface area contributed by atoms with Gasteiger partial charge in [0.2, 0.25) is 0 Å². The Kier molecular flexibility index (Phi) is 4.44. The fourth-order valence-electron chi connectivity index (χ4n) is 5.27. The highest BCUT2D eigenvalue weighted by Crippen LogP contribution is 2.50. The summed E-state index contributed by atoms with van der Waals surface area (Å²) in [7, 11) is 2.15. The van der Waals surface area contributed by atoms with E-state index in [4.69, 9.17) is 4.99 Å². The first kappa shape index (κ1) is 19.6. The minimum atomic E-state index is -0.635. The van der Waals surface area contributed by atoms with E-state index in [1.165, 1.54) is 27.7 Å². The molecular weight excluding hydrogens is 402 g/mol. The van der Waals surface area contributed by atoms with E-state index in [1.807, 2.05) is 0 Å². The Hall–Kier alpha value is -4.11. The van der Waals surface area contributed by atoms with Crippen LogP contribution in [0.3, 0.4) is 0 Å². The van der Waals surface area contributed by atoms with Crippen LogP contribution in [0.2, 0.25) is 0 Å². The SMILES string of the molecule is Cc1c(C2(Nc3ccccc3)C(c3ccccc3)=Nc3ccccc32)c2ccccc2n1C. The van der Waals surface area contributed by atoms with Crippen molar-refractivity contribution in [2.24, 2.45) is 12.0 Å². The molecule has 3 heteroatoms. The van der Waals surface area contributed by atoms with Gasteiger partial charge in [-0.25, -0.2) is 4.99 Å². The van der Waals surface area contributed by atoms with Crippen molar-refractivity contribution in [3.05, 3.63) is 132 Å². The van der Waals surface area contributed by atoms with Gasteiger partial charge in [-0.05, 0) is 36.8 Å². The van der Waals surface area contributed by atoms with E-state index in [1.54, 1.807) is 0 Å². The molecule has 1 aromatic heterocycles. The van der Waals surface area contributed by atoms with Gasteiger partial charge in [0.15, 0.2) is 0 Å². The van der Waals surface area contributed by atoms with Gasteiger partial charge in [-0.2, -0.15) is 0 Å². The number of aryl methyl sites for hydroxylation is 1. The van der Waals surface area contributed by atoms with E-state index < -0.39 is 5.54 Å². The lowest BCUT2D eigenvalue weighted by Gasteiger charge is -2.35. The standard InChI is InChI=1S/C30H25N3/c1-21-28(24-17-9-12-20-27(24)33(21)2)30(32-23-15-7-4-8-16-23)25-18-10-11-19-26(25)31-29(30)22-13-5-3-6-14-22/h3-20,32H,1-2H3. The molecule has 1 atom stereocenters. The van der Waals surface area contributed by atoms with Gasteiger partial charge in [-0.3, -0.25) is 0 Å². The van der Waals surface area contributed by atoms with Crippen molar-refractivity contribution in [3.63, 3.8) is 0 Å². The topological polar surface area (TPSA) is 29.3 Å². The molecule has 3 nitrogen and oxygen atoms in total. The van der Waals surface area contributed by atoms with Gasteiger partial charge >= 0.3 is 0 Å². The third-order valence-electron chi connectivity index (χ3n) is 6.82. The van der Waals surface area contributed by atoms with E-state index in [-0.39, 0.29) is 0 Å². The molecule has 1 aliphatic heterocycles. The van der Waals surface area contributed by atoms with Crippen molar-refractivity contribution in [2.45, 2.75) is 12.5 Å². The Morgan fingerprint density at radius 2 is 1.36 bits per heavy atom. The number of nitrogens with zero attached hydrogens (tertiary/aromatic N) is 2. The van der Waals surface area contributed by atoms with Crippen molar-refractivity contribution in [3.8, 4) is 0 Å². The van der Waals surface area contributed by atoms with Crippen LogP contribution in [-0.2, 0) is 12.6 Å². The highest BCUT2D eigenvalue weighted by molar-refractivity contribution is 6.18. The van der Waals surface area contributed by atoms with Crippen LogP contribution in [0.4, 0.5) is 11.4 Å². The Morgan fingerprint density at radius 1 is 0.727 bits per heavy atom. The lowest BCUT2D eigenvalue weighted by molar-refractivity contribution is 0.790. The summed E-state index contributed by atoms with van der Waals surface area (Å²) in [6.45, 7) is 2.22. The fourth-order valence-corrected chi connectivity index (χ4v) is 5.27. The molecular formula is C30H25N3. The van der Waals surface area contributed by atoms with E-state index >= 15 is 0 Å². The van der Waals surface area contributed by atoms with Gasteiger partial charge in [-0.1, -0.05) is 84.9 Å².